The molecule has 1 N–H and O–H groups in total. The van der Waals surface area contributed by atoms with Crippen molar-refractivity contribution in [3.05, 3.63) is 47.8 Å². The number of aromatic nitrogens is 2. The molecule has 1 amide bonds. The minimum Gasteiger partial charge on any atom is -0.496 e. The second kappa shape index (κ2) is 6.56. The van der Waals surface area contributed by atoms with Crippen LogP contribution in [0.25, 0.3) is 0 Å². The maximum atomic E-state index is 12.2. The van der Waals surface area contributed by atoms with Crippen molar-refractivity contribution in [1.82, 2.24) is 9.97 Å². The van der Waals surface area contributed by atoms with Crippen molar-refractivity contribution in [3.8, 4) is 5.75 Å². The number of anilines is 1. The van der Waals surface area contributed by atoms with E-state index in [9.17, 15) is 4.79 Å². The Morgan fingerprint density at radius 1 is 1.23 bits per heavy atom. The fourth-order valence-electron chi connectivity index (χ4n) is 2.09. The molecule has 0 saturated carbocycles. The van der Waals surface area contributed by atoms with Crippen LogP contribution in [0.1, 0.15) is 31.9 Å². The predicted molar refractivity (Wildman–Crippen MR) is 86.1 cm³/mol. The highest BCUT2D eigenvalue weighted by Crippen LogP contribution is 2.28. The first-order valence-corrected chi connectivity index (χ1v) is 7.14. The molecule has 0 aliphatic heterocycles. The van der Waals surface area contributed by atoms with Crippen LogP contribution in [0.2, 0.25) is 0 Å². The number of carbonyl (C=O) groups is 1. The molecule has 1 aromatic heterocycles. The summed E-state index contributed by atoms with van der Waals surface area (Å²) in [6, 6.07) is 7.65. The van der Waals surface area contributed by atoms with Crippen LogP contribution < -0.4 is 10.1 Å². The SMILES string of the molecule is COc1ccc(C(C)(C)C)cc1CC(=O)Nc1ncccn1. The summed E-state index contributed by atoms with van der Waals surface area (Å²) in [5.74, 6) is 0.839. The van der Waals surface area contributed by atoms with Crippen LogP contribution in [0.3, 0.4) is 0 Å². The Hall–Kier alpha value is -2.43. The zero-order chi connectivity index (χ0) is 16.2. The Balaban J connectivity index is 2.18. The van der Waals surface area contributed by atoms with Crippen molar-refractivity contribution in [2.75, 3.05) is 12.4 Å². The van der Waals surface area contributed by atoms with Gasteiger partial charge in [0.2, 0.25) is 11.9 Å². The molecule has 0 fully saturated rings. The molecule has 0 saturated heterocycles. The minimum absolute atomic E-state index is 0.0139. The summed E-state index contributed by atoms with van der Waals surface area (Å²) in [6.07, 6.45) is 3.39. The molecule has 0 radical (unpaired) electrons. The van der Waals surface area contributed by atoms with E-state index in [-0.39, 0.29) is 17.7 Å². The Morgan fingerprint density at radius 2 is 1.91 bits per heavy atom. The highest BCUT2D eigenvalue weighted by atomic mass is 16.5. The number of amides is 1. The molecule has 2 aromatic rings. The predicted octanol–water partition coefficient (Wildman–Crippen LogP) is 2.96. The number of benzene rings is 1. The zero-order valence-corrected chi connectivity index (χ0v) is 13.4. The lowest BCUT2D eigenvalue weighted by Gasteiger charge is -2.21. The second-order valence-corrected chi connectivity index (χ2v) is 6.07. The molecule has 0 aliphatic carbocycles. The topological polar surface area (TPSA) is 64.1 Å². The molecule has 2 rings (SSSR count). The summed E-state index contributed by atoms with van der Waals surface area (Å²) in [4.78, 5) is 20.1. The molecular weight excluding hydrogens is 278 g/mol. The fourth-order valence-corrected chi connectivity index (χ4v) is 2.09. The van der Waals surface area contributed by atoms with E-state index >= 15 is 0 Å². The van der Waals surface area contributed by atoms with Crippen LogP contribution in [0.5, 0.6) is 5.75 Å². The molecule has 1 aromatic carbocycles. The van der Waals surface area contributed by atoms with E-state index in [0.29, 0.717) is 11.7 Å². The summed E-state index contributed by atoms with van der Waals surface area (Å²) in [5.41, 5.74) is 2.02. The third kappa shape index (κ3) is 4.04. The number of ether oxygens (including phenoxy) is 1. The van der Waals surface area contributed by atoms with Crippen molar-refractivity contribution in [2.45, 2.75) is 32.6 Å². The molecule has 116 valence electrons. The van der Waals surface area contributed by atoms with Crippen molar-refractivity contribution < 1.29 is 9.53 Å². The normalized spacial score (nSPS) is 11.1. The maximum absolute atomic E-state index is 12.2. The van der Waals surface area contributed by atoms with E-state index in [1.54, 1.807) is 25.6 Å². The van der Waals surface area contributed by atoms with Gasteiger partial charge in [-0.2, -0.15) is 0 Å². The summed E-state index contributed by atoms with van der Waals surface area (Å²) in [7, 11) is 1.60. The highest BCUT2D eigenvalue weighted by molar-refractivity contribution is 5.91. The van der Waals surface area contributed by atoms with Crippen LogP contribution in [0, 0.1) is 0 Å². The van der Waals surface area contributed by atoms with E-state index in [0.717, 1.165) is 11.1 Å². The summed E-state index contributed by atoms with van der Waals surface area (Å²) in [6.45, 7) is 6.41. The molecule has 1 heterocycles. The second-order valence-electron chi connectivity index (χ2n) is 6.07. The standard InChI is InChI=1S/C17H21N3O2/c1-17(2,3)13-6-7-14(22-4)12(10-13)11-15(21)20-16-18-8-5-9-19-16/h5-10H,11H2,1-4H3,(H,18,19,20,21). The van der Waals surface area contributed by atoms with Crippen LogP contribution in [0.4, 0.5) is 5.95 Å². The van der Waals surface area contributed by atoms with Crippen LogP contribution in [-0.2, 0) is 16.6 Å². The quantitative estimate of drug-likeness (QED) is 0.942. The van der Waals surface area contributed by atoms with E-state index in [4.69, 9.17) is 4.74 Å². The Bertz CT molecular complexity index is 649. The van der Waals surface area contributed by atoms with Crippen molar-refractivity contribution in [2.24, 2.45) is 0 Å². The van der Waals surface area contributed by atoms with Crippen LogP contribution in [-0.4, -0.2) is 23.0 Å². The third-order valence-corrected chi connectivity index (χ3v) is 3.31. The minimum atomic E-state index is -0.171. The van der Waals surface area contributed by atoms with Crippen molar-refractivity contribution >= 4 is 11.9 Å². The number of carbonyl (C=O) groups excluding carboxylic acids is 1. The molecule has 22 heavy (non-hydrogen) atoms. The molecule has 0 atom stereocenters. The third-order valence-electron chi connectivity index (χ3n) is 3.31. The number of hydrogen-bond donors (Lipinski definition) is 1. The lowest BCUT2D eigenvalue weighted by Crippen LogP contribution is -2.18. The Labute approximate surface area is 130 Å². The van der Waals surface area contributed by atoms with Gasteiger partial charge in [0, 0.05) is 18.0 Å². The number of nitrogens with zero attached hydrogens (tertiary/aromatic N) is 2. The van der Waals surface area contributed by atoms with Gasteiger partial charge in [-0.1, -0.05) is 32.9 Å². The summed E-state index contributed by atoms with van der Waals surface area (Å²) in [5, 5.41) is 2.68. The molecule has 0 bridgehead atoms. The number of hydrogen-bond acceptors (Lipinski definition) is 4. The molecule has 0 unspecified atom stereocenters. The van der Waals surface area contributed by atoms with Crippen molar-refractivity contribution in [1.29, 1.82) is 0 Å². The van der Waals surface area contributed by atoms with Gasteiger partial charge in [0.25, 0.3) is 0 Å². The van der Waals surface area contributed by atoms with Gasteiger partial charge in [0.1, 0.15) is 5.75 Å². The molecule has 0 aliphatic rings. The first kappa shape index (κ1) is 15.9. The number of rotatable bonds is 4. The van der Waals surface area contributed by atoms with E-state index in [1.165, 1.54) is 0 Å². The molecule has 5 heteroatoms. The monoisotopic (exact) mass is 299 g/mol. The van der Waals surface area contributed by atoms with Crippen LogP contribution >= 0.6 is 0 Å². The van der Waals surface area contributed by atoms with Gasteiger partial charge in [0.15, 0.2) is 0 Å². The molecular formula is C17H21N3O2. The number of nitrogens with one attached hydrogen (secondary N) is 1. The van der Waals surface area contributed by atoms with E-state index < -0.39 is 0 Å². The number of methoxy groups -OCH3 is 1. The van der Waals surface area contributed by atoms with Crippen LogP contribution in [0.15, 0.2) is 36.7 Å². The van der Waals surface area contributed by atoms with Crippen molar-refractivity contribution in [3.63, 3.8) is 0 Å². The molecule has 5 nitrogen and oxygen atoms in total. The van der Waals surface area contributed by atoms with Gasteiger partial charge in [0.05, 0.1) is 13.5 Å². The maximum Gasteiger partial charge on any atom is 0.231 e. The van der Waals surface area contributed by atoms with Gasteiger partial charge in [-0.25, -0.2) is 9.97 Å². The fraction of sp³-hybridized carbons (Fsp3) is 0.353. The van der Waals surface area contributed by atoms with Gasteiger partial charge >= 0.3 is 0 Å². The lowest BCUT2D eigenvalue weighted by atomic mass is 9.85. The smallest absolute Gasteiger partial charge is 0.231 e. The lowest BCUT2D eigenvalue weighted by molar-refractivity contribution is -0.115. The van der Waals surface area contributed by atoms with Gasteiger partial charge in [-0.3, -0.25) is 10.1 Å². The highest BCUT2D eigenvalue weighted by Gasteiger charge is 2.17. The van der Waals surface area contributed by atoms with Gasteiger partial charge in [-0.15, -0.1) is 0 Å². The Kier molecular flexibility index (Phi) is 4.75. The largest absolute Gasteiger partial charge is 0.496 e. The summed E-state index contributed by atoms with van der Waals surface area (Å²) < 4.78 is 5.35. The average Bonchev–Trinajstić information content (AvgIpc) is 2.47. The Morgan fingerprint density at radius 3 is 2.50 bits per heavy atom. The average molecular weight is 299 g/mol. The molecule has 0 spiro atoms. The van der Waals surface area contributed by atoms with Gasteiger partial charge < -0.3 is 4.74 Å². The van der Waals surface area contributed by atoms with E-state index in [2.05, 4.69) is 36.1 Å². The first-order valence-electron chi connectivity index (χ1n) is 7.14. The first-order chi connectivity index (χ1) is 10.4. The van der Waals surface area contributed by atoms with E-state index in [1.807, 2.05) is 18.2 Å². The summed E-state index contributed by atoms with van der Waals surface area (Å²) >= 11 is 0. The van der Waals surface area contributed by atoms with Gasteiger partial charge in [-0.05, 0) is 23.1 Å². The zero-order valence-electron chi connectivity index (χ0n) is 13.4.